The first-order valence-electron chi connectivity index (χ1n) is 10.3. The predicted octanol–water partition coefficient (Wildman–Crippen LogP) is 3.00. The van der Waals surface area contributed by atoms with E-state index in [4.69, 9.17) is 0 Å². The first kappa shape index (κ1) is 19.3. The van der Waals surface area contributed by atoms with Gasteiger partial charge < -0.3 is 10.2 Å². The molecule has 0 saturated heterocycles. The summed E-state index contributed by atoms with van der Waals surface area (Å²) in [5, 5.41) is 20.9. The lowest BCUT2D eigenvalue weighted by Crippen LogP contribution is -2.60. The third kappa shape index (κ3) is 2.27. The van der Waals surface area contributed by atoms with Crippen LogP contribution in [0.5, 0.6) is 0 Å². The number of hydrogen-bond donors (Lipinski definition) is 2. The fraction of sp³-hybridized carbons (Fsp3) is 0.818. The molecule has 4 aliphatic carbocycles. The van der Waals surface area contributed by atoms with Gasteiger partial charge in [0, 0.05) is 11.8 Å². The molecule has 5 heteroatoms. The summed E-state index contributed by atoms with van der Waals surface area (Å²) in [6.07, 6.45) is 4.16. The van der Waals surface area contributed by atoms with Crippen molar-refractivity contribution in [1.82, 2.24) is 0 Å². The Morgan fingerprint density at radius 2 is 1.96 bits per heavy atom. The number of hydrogen-bond acceptors (Lipinski definition) is 4. The molecule has 4 rings (SSSR count). The normalized spacial score (nSPS) is 51.9. The fourth-order valence-corrected chi connectivity index (χ4v) is 7.61. The number of fused-ring (bicyclic) bond motifs is 5. The van der Waals surface area contributed by atoms with E-state index >= 15 is 4.39 Å². The lowest BCUT2D eigenvalue weighted by atomic mass is 9.46. The highest BCUT2D eigenvalue weighted by Crippen LogP contribution is 2.69. The van der Waals surface area contributed by atoms with Crippen molar-refractivity contribution in [3.8, 4) is 0 Å². The van der Waals surface area contributed by atoms with Gasteiger partial charge in [-0.3, -0.25) is 9.59 Å². The average Bonchev–Trinajstić information content (AvgIpc) is 2.84. The van der Waals surface area contributed by atoms with Crippen LogP contribution in [0, 0.1) is 34.5 Å². The average molecular weight is 378 g/mol. The second-order valence-corrected chi connectivity index (χ2v) is 10.0. The first-order valence-corrected chi connectivity index (χ1v) is 10.3. The smallest absolute Gasteiger partial charge is 0.190 e. The van der Waals surface area contributed by atoms with Crippen LogP contribution in [0.25, 0.3) is 0 Å². The maximum Gasteiger partial charge on any atom is 0.190 e. The molecule has 0 unspecified atom stereocenters. The summed E-state index contributed by atoms with van der Waals surface area (Å²) in [5.74, 6) is -0.289. The molecule has 0 amide bonds. The molecule has 0 aliphatic heterocycles. The van der Waals surface area contributed by atoms with Gasteiger partial charge >= 0.3 is 0 Å². The highest BCUT2D eigenvalue weighted by atomic mass is 19.1. The van der Waals surface area contributed by atoms with Gasteiger partial charge in [0.05, 0.1) is 0 Å². The van der Waals surface area contributed by atoms with Gasteiger partial charge in [0.25, 0.3) is 0 Å². The second-order valence-electron chi connectivity index (χ2n) is 10.0. The van der Waals surface area contributed by atoms with Gasteiger partial charge in [-0.1, -0.05) is 20.8 Å². The predicted molar refractivity (Wildman–Crippen MR) is 98.6 cm³/mol. The highest BCUT2D eigenvalue weighted by Gasteiger charge is 2.69. The number of Topliss-reactive ketones (excluding diaryl/α,β-unsaturated/α-hetero) is 1. The Labute approximate surface area is 160 Å². The molecular weight excluding hydrogens is 347 g/mol. The van der Waals surface area contributed by atoms with E-state index in [9.17, 15) is 19.8 Å². The first-order chi connectivity index (χ1) is 12.6. The summed E-state index contributed by atoms with van der Waals surface area (Å²) in [7, 11) is 0. The molecule has 8 atom stereocenters. The van der Waals surface area contributed by atoms with Crippen molar-refractivity contribution in [3.05, 3.63) is 11.6 Å². The molecule has 2 N–H and O–H groups in total. The lowest BCUT2D eigenvalue weighted by molar-refractivity contribution is -0.171. The Morgan fingerprint density at radius 1 is 1.26 bits per heavy atom. The Balaban J connectivity index is 1.75. The topological polar surface area (TPSA) is 74.6 Å². The van der Waals surface area contributed by atoms with Gasteiger partial charge in [0.2, 0.25) is 0 Å². The second kappa shape index (κ2) is 5.96. The Bertz CT molecular complexity index is 717. The third-order valence-electron chi connectivity index (χ3n) is 9.09. The van der Waals surface area contributed by atoms with E-state index in [0.29, 0.717) is 37.7 Å². The number of allylic oxidation sites excluding steroid dienone is 1. The zero-order valence-corrected chi connectivity index (χ0v) is 16.5. The minimum Gasteiger partial charge on any atom is -0.388 e. The molecule has 0 aromatic carbocycles. The number of ketones is 2. The SMILES string of the molecule is C[C@H]1C[C@H]2[C@@H]3C[C@H](F)C4=CC(=O)CC[C@]4(C)[C@H]3CC[C@]2(C)[C@@]1(O)C(=O)CO. The van der Waals surface area contributed by atoms with Gasteiger partial charge in [0.15, 0.2) is 11.6 Å². The van der Waals surface area contributed by atoms with Crippen molar-refractivity contribution in [2.75, 3.05) is 6.61 Å². The number of carbonyl (C=O) groups excluding carboxylic acids is 2. The molecule has 150 valence electrons. The standard InChI is InChI=1S/C22H31FO4/c1-12-8-16-14-10-18(23)17-9-13(25)4-6-20(17,2)15(14)5-7-21(16,3)22(12,27)19(26)11-24/h9,12,14-16,18,24,27H,4-8,10-11H2,1-3H3/t12-,14+,15-,16-,18-,20+,21-,22-/m0/s1. The van der Waals surface area contributed by atoms with Gasteiger partial charge in [-0.15, -0.1) is 0 Å². The molecule has 0 aromatic rings. The lowest BCUT2D eigenvalue weighted by Gasteiger charge is -2.59. The highest BCUT2D eigenvalue weighted by molar-refractivity contribution is 5.92. The van der Waals surface area contributed by atoms with Gasteiger partial charge in [-0.25, -0.2) is 4.39 Å². The van der Waals surface area contributed by atoms with Crippen LogP contribution < -0.4 is 0 Å². The van der Waals surface area contributed by atoms with Crippen LogP contribution in [0.1, 0.15) is 59.3 Å². The number of aliphatic hydroxyl groups excluding tert-OH is 1. The van der Waals surface area contributed by atoms with Crippen molar-refractivity contribution in [1.29, 1.82) is 0 Å². The largest absolute Gasteiger partial charge is 0.388 e. The summed E-state index contributed by atoms with van der Waals surface area (Å²) in [4.78, 5) is 24.4. The van der Waals surface area contributed by atoms with Crippen LogP contribution >= 0.6 is 0 Å². The van der Waals surface area contributed by atoms with Crippen LogP contribution in [-0.2, 0) is 9.59 Å². The summed E-state index contributed by atoms with van der Waals surface area (Å²) in [5.41, 5.74) is -1.79. The zero-order chi connectivity index (χ0) is 19.8. The van der Waals surface area contributed by atoms with Crippen LogP contribution in [0.2, 0.25) is 0 Å². The summed E-state index contributed by atoms with van der Waals surface area (Å²) < 4.78 is 15.2. The van der Waals surface area contributed by atoms with E-state index in [1.54, 1.807) is 6.08 Å². The molecule has 27 heavy (non-hydrogen) atoms. The van der Waals surface area contributed by atoms with Crippen molar-refractivity contribution < 1.29 is 24.2 Å². The van der Waals surface area contributed by atoms with Crippen molar-refractivity contribution in [2.24, 2.45) is 34.5 Å². The fourth-order valence-electron chi connectivity index (χ4n) is 7.61. The molecule has 4 aliphatic rings. The van der Waals surface area contributed by atoms with Crippen LogP contribution in [-0.4, -0.2) is 40.2 Å². The minimum absolute atomic E-state index is 0.0293. The van der Waals surface area contributed by atoms with Gasteiger partial charge in [-0.2, -0.15) is 0 Å². The van der Waals surface area contributed by atoms with Gasteiger partial charge in [0.1, 0.15) is 18.4 Å². The number of rotatable bonds is 2. The van der Waals surface area contributed by atoms with E-state index in [1.807, 2.05) is 13.8 Å². The van der Waals surface area contributed by atoms with E-state index in [2.05, 4.69) is 6.92 Å². The number of aliphatic hydroxyl groups is 2. The van der Waals surface area contributed by atoms with Crippen LogP contribution in [0.3, 0.4) is 0 Å². The Morgan fingerprint density at radius 3 is 2.63 bits per heavy atom. The Hall–Kier alpha value is -1.07. The van der Waals surface area contributed by atoms with Crippen molar-refractivity contribution in [2.45, 2.75) is 71.1 Å². The van der Waals surface area contributed by atoms with E-state index in [0.717, 1.165) is 6.42 Å². The summed E-state index contributed by atoms with van der Waals surface area (Å²) in [6.45, 7) is 5.31. The van der Waals surface area contributed by atoms with Crippen molar-refractivity contribution >= 4 is 11.6 Å². The van der Waals surface area contributed by atoms with E-state index in [1.165, 1.54) is 0 Å². The molecule has 0 heterocycles. The third-order valence-corrected chi connectivity index (χ3v) is 9.09. The number of halogens is 1. The van der Waals surface area contributed by atoms with E-state index < -0.39 is 29.6 Å². The zero-order valence-electron chi connectivity index (χ0n) is 16.5. The molecular formula is C22H31FO4. The maximum absolute atomic E-state index is 15.2. The molecule has 0 radical (unpaired) electrons. The Kier molecular flexibility index (Phi) is 4.25. The van der Waals surface area contributed by atoms with Crippen molar-refractivity contribution in [3.63, 3.8) is 0 Å². The quantitative estimate of drug-likeness (QED) is 0.775. The number of carbonyl (C=O) groups is 2. The maximum atomic E-state index is 15.2. The molecule has 0 bridgehead atoms. The minimum atomic E-state index is -1.54. The monoisotopic (exact) mass is 378 g/mol. The van der Waals surface area contributed by atoms with Gasteiger partial charge in [-0.05, 0) is 72.8 Å². The molecule has 3 fully saturated rings. The molecule has 4 nitrogen and oxygen atoms in total. The molecule has 0 aromatic heterocycles. The summed E-state index contributed by atoms with van der Waals surface area (Å²) in [6, 6.07) is 0. The molecule has 0 spiro atoms. The summed E-state index contributed by atoms with van der Waals surface area (Å²) >= 11 is 0. The van der Waals surface area contributed by atoms with Crippen LogP contribution in [0.15, 0.2) is 11.6 Å². The van der Waals surface area contributed by atoms with E-state index in [-0.39, 0.29) is 34.9 Å². The van der Waals surface area contributed by atoms with Crippen LogP contribution in [0.4, 0.5) is 4.39 Å². The molecule has 3 saturated carbocycles. The number of alkyl halides is 1.